The first-order chi connectivity index (χ1) is 20.7. The van der Waals surface area contributed by atoms with Crippen LogP contribution in [-0.4, -0.2) is 37.1 Å². The Hall–Kier alpha value is -3.98. The number of nitrogens with one attached hydrogen (secondary N) is 2. The molecule has 0 fully saturated rings. The fraction of sp³-hybridized carbons (Fsp3) is 0.257. The largest absolute Gasteiger partial charge is 0.351 e. The smallest absolute Gasteiger partial charge is 0.266 e. The van der Waals surface area contributed by atoms with E-state index in [0.717, 1.165) is 33.5 Å². The molecule has 0 aliphatic carbocycles. The van der Waals surface area contributed by atoms with Crippen LogP contribution in [0, 0.1) is 6.92 Å². The van der Waals surface area contributed by atoms with Crippen molar-refractivity contribution in [2.75, 3.05) is 17.6 Å². The van der Waals surface area contributed by atoms with Crippen molar-refractivity contribution in [2.24, 2.45) is 0 Å². The molecule has 2 amide bonds. The summed E-state index contributed by atoms with van der Waals surface area (Å²) in [6.07, 6.45) is 0.396. The molecule has 1 unspecified atom stereocenters. The van der Waals surface area contributed by atoms with Gasteiger partial charge in [0.05, 0.1) is 11.7 Å². The van der Waals surface area contributed by atoms with Crippen molar-refractivity contribution in [3.8, 4) is 11.1 Å². The van der Waals surface area contributed by atoms with Crippen LogP contribution in [0.5, 0.6) is 0 Å². The van der Waals surface area contributed by atoms with Crippen LogP contribution in [-0.2, 0) is 26.7 Å². The highest BCUT2D eigenvalue weighted by Crippen LogP contribution is 2.30. The molecule has 9 heteroatoms. The van der Waals surface area contributed by atoms with Crippen molar-refractivity contribution in [1.29, 1.82) is 0 Å². The first-order valence-electron chi connectivity index (χ1n) is 14.3. The van der Waals surface area contributed by atoms with Gasteiger partial charge in [0, 0.05) is 22.8 Å². The van der Waals surface area contributed by atoms with Crippen molar-refractivity contribution >= 4 is 39.2 Å². The maximum Gasteiger partial charge on any atom is 0.266 e. The van der Waals surface area contributed by atoms with Crippen molar-refractivity contribution in [2.45, 2.75) is 45.4 Å². The molecule has 0 aliphatic heterocycles. The summed E-state index contributed by atoms with van der Waals surface area (Å²) in [6, 6.07) is 28.5. The van der Waals surface area contributed by atoms with Gasteiger partial charge in [0.1, 0.15) is 0 Å². The van der Waals surface area contributed by atoms with Gasteiger partial charge in [0.2, 0.25) is 5.91 Å². The maximum absolute atomic E-state index is 13.9. The molecule has 0 aliphatic rings. The zero-order valence-electron chi connectivity index (χ0n) is 25.2. The Balaban J connectivity index is 1.55. The number of anilines is 1. The van der Waals surface area contributed by atoms with E-state index < -0.39 is 27.7 Å². The number of aryl methyl sites for hydroxylation is 1. The van der Waals surface area contributed by atoms with Crippen molar-refractivity contribution in [1.82, 2.24) is 5.32 Å². The van der Waals surface area contributed by atoms with Crippen LogP contribution in [0.2, 0.25) is 5.02 Å². The third-order valence-electron chi connectivity index (χ3n) is 7.46. The van der Waals surface area contributed by atoms with Crippen LogP contribution in [0.1, 0.15) is 59.3 Å². The van der Waals surface area contributed by atoms with Gasteiger partial charge in [-0.15, -0.1) is 0 Å². The van der Waals surface area contributed by atoms with Crippen molar-refractivity contribution < 1.29 is 22.6 Å². The molecule has 4 rings (SSSR count). The van der Waals surface area contributed by atoms with Gasteiger partial charge in [-0.2, -0.15) is 8.42 Å². The zero-order valence-corrected chi connectivity index (χ0v) is 26.8. The lowest BCUT2D eigenvalue weighted by molar-refractivity contribution is -0.117. The van der Waals surface area contributed by atoms with E-state index in [1.165, 1.54) is 5.56 Å². The third kappa shape index (κ3) is 9.02. The number of hydrogen-bond acceptors (Lipinski definition) is 4. The van der Waals surface area contributed by atoms with Gasteiger partial charge in [0.25, 0.3) is 16.0 Å². The molecule has 4 aromatic carbocycles. The number of rotatable bonds is 10. The van der Waals surface area contributed by atoms with Crippen LogP contribution >= 0.6 is 11.6 Å². The lowest BCUT2D eigenvalue weighted by Crippen LogP contribution is -2.28. The highest BCUT2D eigenvalue weighted by molar-refractivity contribution is 7.85. The van der Waals surface area contributed by atoms with Crippen LogP contribution in [0.4, 0.5) is 5.69 Å². The number of carbonyl (C=O) groups excluding carboxylic acids is 2. The molecule has 7 nitrogen and oxygen atoms in total. The average Bonchev–Trinajstić information content (AvgIpc) is 2.96. The summed E-state index contributed by atoms with van der Waals surface area (Å²) in [5, 5.41) is 6.28. The Bertz CT molecular complexity index is 1730. The molecular formula is C35H37ClN2O5S. The molecular weight excluding hydrogens is 596 g/mol. The van der Waals surface area contributed by atoms with E-state index in [0.29, 0.717) is 17.0 Å². The van der Waals surface area contributed by atoms with Crippen LogP contribution in [0.3, 0.4) is 0 Å². The Labute approximate surface area is 264 Å². The first-order valence-corrected chi connectivity index (χ1v) is 16.3. The summed E-state index contributed by atoms with van der Waals surface area (Å²) in [5.41, 5.74) is 6.91. The van der Waals surface area contributed by atoms with Gasteiger partial charge in [-0.25, -0.2) is 0 Å². The predicted molar refractivity (Wildman–Crippen MR) is 177 cm³/mol. The van der Waals surface area contributed by atoms with Gasteiger partial charge in [-0.3, -0.25) is 14.1 Å². The molecule has 1 atom stereocenters. The lowest BCUT2D eigenvalue weighted by atomic mass is 9.84. The Morgan fingerprint density at radius 2 is 1.48 bits per heavy atom. The highest BCUT2D eigenvalue weighted by Gasteiger charge is 2.23. The average molecular weight is 633 g/mol. The van der Waals surface area contributed by atoms with Crippen LogP contribution < -0.4 is 10.6 Å². The Morgan fingerprint density at radius 1 is 0.864 bits per heavy atom. The van der Waals surface area contributed by atoms with Crippen molar-refractivity contribution in [3.63, 3.8) is 0 Å². The van der Waals surface area contributed by atoms with Gasteiger partial charge in [-0.1, -0.05) is 87.0 Å². The second-order valence-electron chi connectivity index (χ2n) is 11.9. The van der Waals surface area contributed by atoms with E-state index in [2.05, 4.69) is 43.5 Å². The van der Waals surface area contributed by atoms with E-state index in [9.17, 15) is 18.0 Å². The second kappa shape index (κ2) is 13.8. The van der Waals surface area contributed by atoms with E-state index >= 15 is 0 Å². The molecule has 3 N–H and O–H groups in total. The fourth-order valence-corrected chi connectivity index (χ4v) is 5.33. The third-order valence-corrected chi connectivity index (χ3v) is 8.43. The molecule has 0 saturated heterocycles. The highest BCUT2D eigenvalue weighted by atomic mass is 35.5. The second-order valence-corrected chi connectivity index (χ2v) is 13.9. The molecule has 0 spiro atoms. The quantitative estimate of drug-likeness (QED) is 0.160. The fourth-order valence-electron chi connectivity index (χ4n) is 4.85. The summed E-state index contributed by atoms with van der Waals surface area (Å²) < 4.78 is 30.7. The minimum Gasteiger partial charge on any atom is -0.351 e. The monoisotopic (exact) mass is 632 g/mol. The maximum atomic E-state index is 13.9. The number of amides is 2. The molecule has 0 heterocycles. The minimum atomic E-state index is -4.17. The summed E-state index contributed by atoms with van der Waals surface area (Å²) in [6.45, 7) is 8.18. The van der Waals surface area contributed by atoms with E-state index in [-0.39, 0.29) is 17.9 Å². The molecule has 0 radical (unpaired) electrons. The van der Waals surface area contributed by atoms with E-state index in [1.807, 2.05) is 61.5 Å². The number of halogens is 1. The van der Waals surface area contributed by atoms with Gasteiger partial charge in [-0.05, 0) is 88.5 Å². The number of hydrogen-bond donors (Lipinski definition) is 3. The zero-order chi connectivity index (χ0) is 32.1. The Morgan fingerprint density at radius 3 is 2.05 bits per heavy atom. The van der Waals surface area contributed by atoms with Gasteiger partial charge >= 0.3 is 0 Å². The number of carbonyl (C=O) groups is 2. The predicted octanol–water partition coefficient (Wildman–Crippen LogP) is 7.20. The summed E-state index contributed by atoms with van der Waals surface area (Å²) >= 11 is 6.04. The first kappa shape index (κ1) is 32.9. The lowest BCUT2D eigenvalue weighted by Gasteiger charge is -2.22. The van der Waals surface area contributed by atoms with E-state index in [1.54, 1.807) is 24.3 Å². The molecule has 0 aromatic heterocycles. The summed E-state index contributed by atoms with van der Waals surface area (Å²) in [5.74, 6) is -1.67. The molecule has 4 aromatic rings. The number of benzene rings is 4. The normalized spacial score (nSPS) is 12.4. The molecule has 230 valence electrons. The SMILES string of the molecule is Cc1cc(-c2ccc(Cl)cc2)ccc1NC(=O)C(Cc1ccc(C(=O)NCCS(=O)(=O)O)cc1)c1ccc(C(C)(C)C)cc1. The molecule has 0 bridgehead atoms. The van der Waals surface area contributed by atoms with Crippen LogP contribution in [0.25, 0.3) is 11.1 Å². The summed E-state index contributed by atoms with van der Waals surface area (Å²) in [4.78, 5) is 26.3. The molecule has 44 heavy (non-hydrogen) atoms. The minimum absolute atomic E-state index is 0.0308. The van der Waals surface area contributed by atoms with E-state index in [4.69, 9.17) is 16.2 Å². The Kier molecular flexibility index (Phi) is 10.3. The topological polar surface area (TPSA) is 113 Å². The molecule has 0 saturated carbocycles. The standard InChI is InChI=1S/C35H37ClN2O5S/c1-23-21-28(25-11-16-30(36)17-12-25)13-18-32(23)38-34(40)31(26-9-14-29(15-10-26)35(2,3)4)22-24-5-7-27(8-6-24)33(39)37-19-20-44(41,42)43/h5-18,21,31H,19-20,22H2,1-4H3,(H,37,39)(H,38,40)(H,41,42,43). The van der Waals surface area contributed by atoms with Crippen molar-refractivity contribution in [3.05, 3.63) is 124 Å². The van der Waals surface area contributed by atoms with Gasteiger partial charge in [0.15, 0.2) is 0 Å². The summed E-state index contributed by atoms with van der Waals surface area (Å²) in [7, 11) is -4.17. The van der Waals surface area contributed by atoms with Gasteiger partial charge < -0.3 is 10.6 Å². The van der Waals surface area contributed by atoms with Crippen LogP contribution in [0.15, 0.2) is 91.0 Å².